The van der Waals surface area contributed by atoms with Crippen LogP contribution in [0.15, 0.2) is 21.9 Å². The Balaban J connectivity index is 2.63. The predicted octanol–water partition coefficient (Wildman–Crippen LogP) is -1.47. The Morgan fingerprint density at radius 2 is 2.19 bits per heavy atom. The van der Waals surface area contributed by atoms with Crippen LogP contribution in [0.1, 0.15) is 12.8 Å². The van der Waals surface area contributed by atoms with Crippen LogP contribution >= 0.6 is 0 Å². The topological polar surface area (TPSA) is 130 Å². The Morgan fingerprint density at radius 3 is 2.76 bits per heavy atom. The van der Waals surface area contributed by atoms with Gasteiger partial charge in [-0.1, -0.05) is 0 Å². The summed E-state index contributed by atoms with van der Waals surface area (Å²) in [5.41, 5.74) is -1.30. The molecule has 116 valence electrons. The first-order valence-electron chi connectivity index (χ1n) is 6.25. The summed E-state index contributed by atoms with van der Waals surface area (Å²) in [7, 11) is 1.50. The van der Waals surface area contributed by atoms with E-state index >= 15 is 0 Å². The van der Waals surface area contributed by atoms with E-state index in [0.29, 0.717) is 13.0 Å². The van der Waals surface area contributed by atoms with E-state index in [4.69, 9.17) is 9.84 Å². The Morgan fingerprint density at radius 1 is 1.48 bits per heavy atom. The number of H-pyrrole nitrogens is 1. The standard InChI is InChI=1S/C12H17N3O6/c1-21-6-2-3-8(11(18)19)13-10(17)7-15-5-4-9(16)14-12(15)20/h4-5,8H,2-3,6-7H2,1H3,(H,13,17)(H,18,19)(H,14,16,20). The van der Waals surface area contributed by atoms with Crippen molar-refractivity contribution in [1.82, 2.24) is 14.9 Å². The molecule has 0 spiro atoms. The molecular formula is C12H17N3O6. The number of nitrogens with one attached hydrogen (secondary N) is 2. The second-order valence-electron chi connectivity index (χ2n) is 4.33. The van der Waals surface area contributed by atoms with Gasteiger partial charge in [-0.05, 0) is 12.8 Å². The number of hydrogen-bond acceptors (Lipinski definition) is 5. The van der Waals surface area contributed by atoms with Gasteiger partial charge in [-0.2, -0.15) is 0 Å². The zero-order chi connectivity index (χ0) is 15.8. The van der Waals surface area contributed by atoms with Crippen LogP contribution in [-0.2, 0) is 20.9 Å². The first-order valence-corrected chi connectivity index (χ1v) is 6.25. The lowest BCUT2D eigenvalue weighted by Gasteiger charge is -2.14. The van der Waals surface area contributed by atoms with Gasteiger partial charge in [0.1, 0.15) is 12.6 Å². The third-order valence-electron chi connectivity index (χ3n) is 2.69. The number of carboxylic acid groups (broad SMARTS) is 1. The number of ether oxygens (including phenoxy) is 1. The molecule has 0 fully saturated rings. The van der Waals surface area contributed by atoms with Gasteiger partial charge < -0.3 is 15.2 Å². The number of amides is 1. The average Bonchev–Trinajstić information content (AvgIpc) is 2.41. The number of hydrogen-bond donors (Lipinski definition) is 3. The summed E-state index contributed by atoms with van der Waals surface area (Å²) in [4.78, 5) is 47.0. The normalized spacial score (nSPS) is 11.9. The molecule has 1 unspecified atom stereocenters. The van der Waals surface area contributed by atoms with Gasteiger partial charge in [0.15, 0.2) is 0 Å². The van der Waals surface area contributed by atoms with E-state index in [2.05, 4.69) is 5.32 Å². The molecule has 0 saturated carbocycles. The SMILES string of the molecule is COCCCC(NC(=O)Cn1ccc(=O)[nH]c1=O)C(=O)O. The Hall–Kier alpha value is -2.42. The van der Waals surface area contributed by atoms with E-state index in [0.717, 1.165) is 10.6 Å². The maximum atomic E-state index is 11.7. The van der Waals surface area contributed by atoms with Crippen LogP contribution in [0.25, 0.3) is 0 Å². The van der Waals surface area contributed by atoms with E-state index in [1.54, 1.807) is 0 Å². The summed E-state index contributed by atoms with van der Waals surface area (Å²) in [6, 6.07) is 0.0493. The van der Waals surface area contributed by atoms with Crippen LogP contribution < -0.4 is 16.6 Å². The number of aromatic nitrogens is 2. The summed E-state index contributed by atoms with van der Waals surface area (Å²) in [5, 5.41) is 11.3. The summed E-state index contributed by atoms with van der Waals surface area (Å²) in [6.45, 7) is 0.0166. The molecule has 1 rings (SSSR count). The molecule has 3 N–H and O–H groups in total. The van der Waals surface area contributed by atoms with Crippen molar-refractivity contribution in [1.29, 1.82) is 0 Å². The van der Waals surface area contributed by atoms with Crippen molar-refractivity contribution < 1.29 is 19.4 Å². The third kappa shape index (κ3) is 5.61. The van der Waals surface area contributed by atoms with Gasteiger partial charge in [0.25, 0.3) is 5.56 Å². The molecule has 0 radical (unpaired) electrons. The van der Waals surface area contributed by atoms with Crippen molar-refractivity contribution in [2.45, 2.75) is 25.4 Å². The first kappa shape index (κ1) is 16.6. The van der Waals surface area contributed by atoms with Crippen LogP contribution in [0.2, 0.25) is 0 Å². The summed E-state index contributed by atoms with van der Waals surface area (Å²) in [6.07, 6.45) is 1.86. The van der Waals surface area contributed by atoms with Crippen LogP contribution in [0, 0.1) is 0 Å². The first-order chi connectivity index (χ1) is 9.93. The van der Waals surface area contributed by atoms with Gasteiger partial charge in [-0.3, -0.25) is 19.1 Å². The van der Waals surface area contributed by atoms with Gasteiger partial charge in [0.05, 0.1) is 0 Å². The number of aromatic amines is 1. The maximum Gasteiger partial charge on any atom is 0.328 e. The zero-order valence-electron chi connectivity index (χ0n) is 11.5. The number of carboxylic acids is 1. The molecule has 0 aliphatic heterocycles. The molecule has 9 nitrogen and oxygen atoms in total. The van der Waals surface area contributed by atoms with Crippen molar-refractivity contribution in [3.8, 4) is 0 Å². The lowest BCUT2D eigenvalue weighted by Crippen LogP contribution is -2.44. The molecule has 1 heterocycles. The molecule has 21 heavy (non-hydrogen) atoms. The van der Waals surface area contributed by atoms with Crippen LogP contribution in [0.5, 0.6) is 0 Å². The molecule has 0 aliphatic carbocycles. The molecule has 0 bridgehead atoms. The molecule has 0 aliphatic rings. The minimum absolute atomic E-state index is 0.218. The number of rotatable bonds is 8. The molecule has 0 aromatic carbocycles. The second kappa shape index (κ2) is 8.00. The van der Waals surface area contributed by atoms with Gasteiger partial charge in [-0.15, -0.1) is 0 Å². The molecule has 1 aromatic heterocycles. The number of aliphatic carboxylic acids is 1. The molecule has 1 atom stereocenters. The lowest BCUT2D eigenvalue weighted by molar-refractivity contribution is -0.142. The molecule has 0 saturated heterocycles. The van der Waals surface area contributed by atoms with E-state index in [9.17, 15) is 19.2 Å². The Bertz CT molecular complexity index is 606. The van der Waals surface area contributed by atoms with Crippen molar-refractivity contribution in [2.24, 2.45) is 0 Å². The van der Waals surface area contributed by atoms with Gasteiger partial charge >= 0.3 is 11.7 Å². The van der Waals surface area contributed by atoms with E-state index in [1.165, 1.54) is 13.3 Å². The highest BCUT2D eigenvalue weighted by atomic mass is 16.5. The lowest BCUT2D eigenvalue weighted by atomic mass is 10.1. The monoisotopic (exact) mass is 299 g/mol. The number of carbonyl (C=O) groups is 2. The van der Waals surface area contributed by atoms with Crippen LogP contribution in [0.3, 0.4) is 0 Å². The summed E-state index contributed by atoms with van der Waals surface area (Å²) < 4.78 is 5.79. The fraction of sp³-hybridized carbons (Fsp3) is 0.500. The minimum atomic E-state index is -1.16. The third-order valence-corrected chi connectivity index (χ3v) is 2.69. The van der Waals surface area contributed by atoms with E-state index < -0.39 is 29.2 Å². The number of methoxy groups -OCH3 is 1. The van der Waals surface area contributed by atoms with Gasteiger partial charge in [-0.25, -0.2) is 9.59 Å². The maximum absolute atomic E-state index is 11.7. The highest BCUT2D eigenvalue weighted by molar-refractivity contribution is 5.83. The fourth-order valence-electron chi connectivity index (χ4n) is 1.65. The number of nitrogens with zero attached hydrogens (tertiary/aromatic N) is 1. The average molecular weight is 299 g/mol. The van der Waals surface area contributed by atoms with Crippen molar-refractivity contribution in [2.75, 3.05) is 13.7 Å². The quantitative estimate of drug-likeness (QED) is 0.502. The molecule has 1 aromatic rings. The summed E-state index contributed by atoms with van der Waals surface area (Å²) in [5.74, 6) is -1.79. The highest BCUT2D eigenvalue weighted by Gasteiger charge is 2.19. The van der Waals surface area contributed by atoms with E-state index in [-0.39, 0.29) is 13.0 Å². The van der Waals surface area contributed by atoms with Gasteiger partial charge in [0, 0.05) is 26.0 Å². The van der Waals surface area contributed by atoms with Crippen molar-refractivity contribution in [3.63, 3.8) is 0 Å². The van der Waals surface area contributed by atoms with Crippen LogP contribution in [-0.4, -0.2) is 46.3 Å². The fourth-order valence-corrected chi connectivity index (χ4v) is 1.65. The zero-order valence-corrected chi connectivity index (χ0v) is 11.5. The number of carbonyl (C=O) groups excluding carboxylic acids is 1. The minimum Gasteiger partial charge on any atom is -0.480 e. The molecule has 9 heteroatoms. The Kier molecular flexibility index (Phi) is 6.34. The summed E-state index contributed by atoms with van der Waals surface area (Å²) >= 11 is 0. The molecule has 1 amide bonds. The van der Waals surface area contributed by atoms with Crippen molar-refractivity contribution in [3.05, 3.63) is 33.1 Å². The van der Waals surface area contributed by atoms with Crippen LogP contribution in [0.4, 0.5) is 0 Å². The second-order valence-corrected chi connectivity index (χ2v) is 4.33. The smallest absolute Gasteiger partial charge is 0.328 e. The van der Waals surface area contributed by atoms with Crippen molar-refractivity contribution >= 4 is 11.9 Å². The van der Waals surface area contributed by atoms with E-state index in [1.807, 2.05) is 4.98 Å². The molecular weight excluding hydrogens is 282 g/mol. The largest absolute Gasteiger partial charge is 0.480 e. The van der Waals surface area contributed by atoms with Gasteiger partial charge in [0.2, 0.25) is 5.91 Å². The Labute approximate surface area is 119 Å². The predicted molar refractivity (Wildman–Crippen MR) is 72.0 cm³/mol. The highest BCUT2D eigenvalue weighted by Crippen LogP contribution is 1.98.